The van der Waals surface area contributed by atoms with E-state index < -0.39 is 31.6 Å². The van der Waals surface area contributed by atoms with Gasteiger partial charge in [0.2, 0.25) is 5.91 Å². The van der Waals surface area contributed by atoms with Crippen LogP contribution in [0.4, 0.5) is 13.2 Å². The third-order valence-corrected chi connectivity index (χ3v) is 6.55. The Bertz CT molecular complexity index is 941. The topological polar surface area (TPSA) is 86.6 Å². The van der Waals surface area contributed by atoms with Crippen molar-refractivity contribution in [2.45, 2.75) is 43.7 Å². The molecule has 2 aromatic rings. The molecule has 9 heteroatoms. The standard InChI is InChI=1S/C22H25F3NO4P/c23-22(24,25)15-26-20(27)21(13-7-1-2-8-14-31(28,29)30)18-11-5-3-9-16(18)17-10-4-6-12-19(17)21/h3-6,9-12H,1-2,7-8,13-15H2,(H,26,27)(H2,28,29,30). The van der Waals surface area contributed by atoms with Gasteiger partial charge in [0.05, 0.1) is 0 Å². The van der Waals surface area contributed by atoms with Gasteiger partial charge in [-0.2, -0.15) is 13.2 Å². The van der Waals surface area contributed by atoms with E-state index in [4.69, 9.17) is 9.79 Å². The van der Waals surface area contributed by atoms with Gasteiger partial charge in [0, 0.05) is 6.16 Å². The van der Waals surface area contributed by atoms with Gasteiger partial charge < -0.3 is 15.1 Å². The molecule has 0 aromatic heterocycles. The molecule has 0 spiro atoms. The third-order valence-electron chi connectivity index (χ3n) is 5.65. The fourth-order valence-corrected chi connectivity index (χ4v) is 4.98. The normalized spacial score (nSPS) is 14.7. The highest BCUT2D eigenvalue weighted by Gasteiger charge is 2.49. The molecule has 0 saturated carbocycles. The molecule has 3 rings (SSSR count). The number of amides is 1. The van der Waals surface area contributed by atoms with Crippen molar-refractivity contribution < 1.29 is 32.3 Å². The molecular formula is C22H25F3NO4P. The van der Waals surface area contributed by atoms with Crippen molar-refractivity contribution in [2.75, 3.05) is 12.7 Å². The predicted octanol–water partition coefficient (Wildman–Crippen LogP) is 4.76. The van der Waals surface area contributed by atoms with Gasteiger partial charge in [-0.3, -0.25) is 9.36 Å². The summed E-state index contributed by atoms with van der Waals surface area (Å²) in [7, 11) is -4.05. The van der Waals surface area contributed by atoms with Gasteiger partial charge in [-0.25, -0.2) is 0 Å². The molecule has 0 fully saturated rings. The molecule has 1 aliphatic carbocycles. The number of hydrogen-bond acceptors (Lipinski definition) is 2. The Morgan fingerprint density at radius 1 is 0.903 bits per heavy atom. The average molecular weight is 455 g/mol. The monoisotopic (exact) mass is 455 g/mol. The quantitative estimate of drug-likeness (QED) is 0.376. The van der Waals surface area contributed by atoms with Gasteiger partial charge in [-0.1, -0.05) is 67.8 Å². The summed E-state index contributed by atoms with van der Waals surface area (Å²) in [4.78, 5) is 31.2. The van der Waals surface area contributed by atoms with E-state index in [1.54, 1.807) is 24.3 Å². The molecule has 2 aromatic carbocycles. The van der Waals surface area contributed by atoms with Crippen molar-refractivity contribution in [2.24, 2.45) is 0 Å². The first-order valence-corrected chi connectivity index (χ1v) is 11.9. The lowest BCUT2D eigenvalue weighted by molar-refractivity contribution is -0.141. The van der Waals surface area contributed by atoms with Crippen LogP contribution in [0.2, 0.25) is 0 Å². The van der Waals surface area contributed by atoms with E-state index in [1.165, 1.54) is 0 Å². The molecule has 168 valence electrons. The minimum absolute atomic E-state index is 0.199. The van der Waals surface area contributed by atoms with Crippen LogP contribution in [0, 0.1) is 0 Å². The summed E-state index contributed by atoms with van der Waals surface area (Å²) < 4.78 is 49.5. The van der Waals surface area contributed by atoms with Crippen molar-refractivity contribution in [3.63, 3.8) is 0 Å². The van der Waals surface area contributed by atoms with Crippen LogP contribution in [-0.2, 0) is 14.8 Å². The number of benzene rings is 2. The molecule has 0 unspecified atom stereocenters. The van der Waals surface area contributed by atoms with E-state index >= 15 is 0 Å². The maximum absolute atomic E-state index is 13.3. The maximum Gasteiger partial charge on any atom is 0.405 e. The number of nitrogens with one attached hydrogen (secondary N) is 1. The van der Waals surface area contributed by atoms with E-state index in [1.807, 2.05) is 24.3 Å². The van der Waals surface area contributed by atoms with Crippen LogP contribution in [0.3, 0.4) is 0 Å². The number of carbonyl (C=O) groups is 1. The highest BCUT2D eigenvalue weighted by Crippen LogP contribution is 2.51. The highest BCUT2D eigenvalue weighted by molar-refractivity contribution is 7.51. The van der Waals surface area contributed by atoms with E-state index in [0.29, 0.717) is 43.2 Å². The second-order valence-electron chi connectivity index (χ2n) is 7.85. The van der Waals surface area contributed by atoms with Gasteiger partial charge >= 0.3 is 13.8 Å². The van der Waals surface area contributed by atoms with Gasteiger partial charge in [0.1, 0.15) is 12.0 Å². The molecule has 1 amide bonds. The maximum atomic E-state index is 13.3. The Balaban J connectivity index is 1.87. The zero-order valence-electron chi connectivity index (χ0n) is 16.9. The van der Waals surface area contributed by atoms with Crippen LogP contribution < -0.4 is 5.32 Å². The van der Waals surface area contributed by atoms with Crippen molar-refractivity contribution in [3.8, 4) is 11.1 Å². The zero-order valence-corrected chi connectivity index (χ0v) is 17.8. The van der Waals surface area contributed by atoms with Gasteiger partial charge in [0.15, 0.2) is 0 Å². The summed E-state index contributed by atoms with van der Waals surface area (Å²) >= 11 is 0. The van der Waals surface area contributed by atoms with E-state index in [2.05, 4.69) is 5.32 Å². The summed E-state index contributed by atoms with van der Waals surface area (Å²) in [5.74, 6) is -0.683. The highest BCUT2D eigenvalue weighted by atomic mass is 31.2. The molecule has 0 heterocycles. The molecule has 0 aliphatic heterocycles. The first-order chi connectivity index (χ1) is 14.5. The van der Waals surface area contributed by atoms with E-state index in [0.717, 1.165) is 11.1 Å². The second-order valence-corrected chi connectivity index (χ2v) is 9.62. The van der Waals surface area contributed by atoms with Crippen molar-refractivity contribution in [3.05, 3.63) is 59.7 Å². The minimum atomic E-state index is -4.52. The molecule has 1 aliphatic rings. The average Bonchev–Trinajstić information content (AvgIpc) is 2.99. The van der Waals surface area contributed by atoms with E-state index in [-0.39, 0.29) is 6.16 Å². The van der Waals surface area contributed by atoms with Gasteiger partial charge in [0.25, 0.3) is 0 Å². The molecule has 3 N–H and O–H groups in total. The number of hydrogen-bond donors (Lipinski definition) is 3. The Morgan fingerprint density at radius 2 is 1.42 bits per heavy atom. The molecular weight excluding hydrogens is 430 g/mol. The van der Waals surface area contributed by atoms with Crippen LogP contribution in [-0.4, -0.2) is 34.6 Å². The number of carbonyl (C=O) groups excluding carboxylic acids is 1. The number of alkyl halides is 3. The van der Waals surface area contributed by atoms with Crippen LogP contribution in [0.5, 0.6) is 0 Å². The third kappa shape index (κ3) is 5.37. The lowest BCUT2D eigenvalue weighted by Gasteiger charge is -2.31. The Hall–Kier alpha value is -2.15. The number of unbranched alkanes of at least 4 members (excludes halogenated alkanes) is 3. The molecule has 0 atom stereocenters. The summed E-state index contributed by atoms with van der Waals surface area (Å²) in [5.41, 5.74) is 1.81. The number of rotatable bonds is 9. The first kappa shape index (κ1) is 23.5. The minimum Gasteiger partial charge on any atom is -0.346 e. The Morgan fingerprint density at radius 3 is 1.94 bits per heavy atom. The molecule has 0 radical (unpaired) electrons. The van der Waals surface area contributed by atoms with Gasteiger partial charge in [-0.05, 0) is 35.1 Å². The summed E-state index contributed by atoms with van der Waals surface area (Å²) in [6, 6.07) is 14.5. The predicted molar refractivity (Wildman–Crippen MR) is 112 cm³/mol. The zero-order chi connectivity index (χ0) is 22.7. The van der Waals surface area contributed by atoms with Crippen molar-refractivity contribution in [1.82, 2.24) is 5.32 Å². The molecule has 0 saturated heterocycles. The number of halogens is 3. The van der Waals surface area contributed by atoms with Crippen molar-refractivity contribution >= 4 is 13.5 Å². The lowest BCUT2D eigenvalue weighted by atomic mass is 9.73. The first-order valence-electron chi connectivity index (χ1n) is 10.1. The molecule has 0 bridgehead atoms. The largest absolute Gasteiger partial charge is 0.405 e. The van der Waals surface area contributed by atoms with Crippen LogP contribution in [0.1, 0.15) is 43.2 Å². The molecule has 31 heavy (non-hydrogen) atoms. The SMILES string of the molecule is O=C(NCC(F)(F)F)C1(CCCCCCP(=O)(O)O)c2ccccc2-c2ccccc21. The Labute approximate surface area is 178 Å². The van der Waals surface area contributed by atoms with E-state index in [9.17, 15) is 22.5 Å². The smallest absolute Gasteiger partial charge is 0.346 e. The number of fused-ring (bicyclic) bond motifs is 3. The summed E-state index contributed by atoms with van der Waals surface area (Å²) in [5, 5.41) is 2.09. The fraction of sp³-hybridized carbons (Fsp3) is 0.409. The van der Waals surface area contributed by atoms with Gasteiger partial charge in [-0.15, -0.1) is 0 Å². The summed E-state index contributed by atoms with van der Waals surface area (Å²) in [6.45, 7) is -1.40. The Kier molecular flexibility index (Phi) is 6.94. The summed E-state index contributed by atoms with van der Waals surface area (Å²) in [6.07, 6.45) is -2.35. The lowest BCUT2D eigenvalue weighted by Crippen LogP contribution is -2.47. The van der Waals surface area contributed by atoms with Crippen LogP contribution >= 0.6 is 7.60 Å². The van der Waals surface area contributed by atoms with Crippen molar-refractivity contribution in [1.29, 1.82) is 0 Å². The second kappa shape index (κ2) is 9.15. The van der Waals surface area contributed by atoms with Crippen LogP contribution in [0.15, 0.2) is 48.5 Å². The fourth-order valence-electron chi connectivity index (χ4n) is 4.35. The molecule has 5 nitrogen and oxygen atoms in total. The van der Waals surface area contributed by atoms with Crippen LogP contribution in [0.25, 0.3) is 11.1 Å².